The number of hydrogen-bond acceptors (Lipinski definition) is 3. The SMILES string of the molecule is CN(C)C[C@H]1CC/C(=C\c2cccc(C(=O)O)c2)C[C@@H]1c1cccc(O)c1.Cl. The number of carbonyl (C=O) groups is 1. The maximum Gasteiger partial charge on any atom is 0.335 e. The Morgan fingerprint density at radius 3 is 2.61 bits per heavy atom. The van der Waals surface area contributed by atoms with Gasteiger partial charge in [0.2, 0.25) is 0 Å². The van der Waals surface area contributed by atoms with E-state index in [4.69, 9.17) is 0 Å². The summed E-state index contributed by atoms with van der Waals surface area (Å²) in [5, 5.41) is 19.1. The first-order valence-electron chi connectivity index (χ1n) is 9.39. The highest BCUT2D eigenvalue weighted by Crippen LogP contribution is 2.42. The van der Waals surface area contributed by atoms with Crippen molar-refractivity contribution in [1.29, 1.82) is 0 Å². The van der Waals surface area contributed by atoms with Crippen molar-refractivity contribution >= 4 is 24.5 Å². The quantitative estimate of drug-likeness (QED) is 0.736. The highest BCUT2D eigenvalue weighted by Gasteiger charge is 2.29. The van der Waals surface area contributed by atoms with Gasteiger partial charge in [0.15, 0.2) is 0 Å². The lowest BCUT2D eigenvalue weighted by atomic mass is 9.73. The molecule has 5 heteroatoms. The van der Waals surface area contributed by atoms with Crippen LogP contribution in [0.5, 0.6) is 5.75 Å². The number of rotatable bonds is 5. The van der Waals surface area contributed by atoms with Crippen LogP contribution in [0.4, 0.5) is 0 Å². The first kappa shape index (κ1) is 22.0. The van der Waals surface area contributed by atoms with Gasteiger partial charge >= 0.3 is 5.97 Å². The summed E-state index contributed by atoms with van der Waals surface area (Å²) in [7, 11) is 4.20. The summed E-state index contributed by atoms with van der Waals surface area (Å²) in [6, 6.07) is 14.7. The Morgan fingerprint density at radius 2 is 1.93 bits per heavy atom. The molecule has 2 N–H and O–H groups in total. The zero-order valence-electron chi connectivity index (χ0n) is 16.3. The Morgan fingerprint density at radius 1 is 1.18 bits per heavy atom. The smallest absolute Gasteiger partial charge is 0.335 e. The van der Waals surface area contributed by atoms with Crippen LogP contribution in [0.2, 0.25) is 0 Å². The molecule has 3 rings (SSSR count). The van der Waals surface area contributed by atoms with Crippen LogP contribution in [0.1, 0.15) is 46.7 Å². The van der Waals surface area contributed by atoms with Crippen LogP contribution >= 0.6 is 12.4 Å². The van der Waals surface area contributed by atoms with Crippen LogP contribution in [-0.2, 0) is 0 Å². The summed E-state index contributed by atoms with van der Waals surface area (Å²) < 4.78 is 0. The number of nitrogens with zero attached hydrogens (tertiary/aromatic N) is 1. The van der Waals surface area contributed by atoms with Gasteiger partial charge in [-0.15, -0.1) is 12.4 Å². The minimum Gasteiger partial charge on any atom is -0.508 e. The molecule has 4 nitrogen and oxygen atoms in total. The van der Waals surface area contributed by atoms with E-state index in [2.05, 4.69) is 31.1 Å². The molecule has 2 atom stereocenters. The summed E-state index contributed by atoms with van der Waals surface area (Å²) in [5.74, 6) is 0.287. The molecule has 0 aromatic heterocycles. The number of hydrogen-bond donors (Lipinski definition) is 2. The minimum absolute atomic E-state index is 0. The van der Waals surface area contributed by atoms with Gasteiger partial charge in [0.1, 0.15) is 5.75 Å². The van der Waals surface area contributed by atoms with Crippen LogP contribution in [-0.4, -0.2) is 41.7 Å². The summed E-state index contributed by atoms with van der Waals surface area (Å²) in [6.07, 6.45) is 5.17. The van der Waals surface area contributed by atoms with Crippen LogP contribution in [0, 0.1) is 5.92 Å². The molecule has 2 aromatic rings. The van der Waals surface area contributed by atoms with Crippen molar-refractivity contribution in [2.75, 3.05) is 20.6 Å². The third-order valence-corrected chi connectivity index (χ3v) is 5.29. The fourth-order valence-electron chi connectivity index (χ4n) is 4.08. The summed E-state index contributed by atoms with van der Waals surface area (Å²) >= 11 is 0. The predicted molar refractivity (Wildman–Crippen MR) is 115 cm³/mol. The van der Waals surface area contributed by atoms with Crippen molar-refractivity contribution in [2.45, 2.75) is 25.2 Å². The molecular weight excluding hydrogens is 374 g/mol. The zero-order valence-corrected chi connectivity index (χ0v) is 17.2. The molecule has 0 saturated heterocycles. The van der Waals surface area contributed by atoms with E-state index < -0.39 is 5.97 Å². The Balaban J connectivity index is 0.00000280. The van der Waals surface area contributed by atoms with E-state index in [0.717, 1.165) is 31.4 Å². The summed E-state index contributed by atoms with van der Waals surface area (Å²) in [5.41, 5.74) is 3.76. The van der Waals surface area contributed by atoms with Crippen LogP contribution in [0.25, 0.3) is 6.08 Å². The molecule has 0 heterocycles. The van der Waals surface area contributed by atoms with Gasteiger partial charge in [-0.25, -0.2) is 4.79 Å². The van der Waals surface area contributed by atoms with E-state index in [1.807, 2.05) is 18.2 Å². The number of aromatic hydroxyl groups is 1. The normalized spacial score (nSPS) is 20.8. The van der Waals surface area contributed by atoms with E-state index >= 15 is 0 Å². The average Bonchev–Trinajstić information content (AvgIpc) is 2.63. The molecule has 0 radical (unpaired) electrons. The molecule has 28 heavy (non-hydrogen) atoms. The lowest BCUT2D eigenvalue weighted by Crippen LogP contribution is -2.29. The van der Waals surface area contributed by atoms with Crippen molar-refractivity contribution in [1.82, 2.24) is 4.90 Å². The number of carboxylic acid groups (broad SMARTS) is 1. The van der Waals surface area contributed by atoms with Gasteiger partial charge in [0.25, 0.3) is 0 Å². The minimum atomic E-state index is -0.900. The van der Waals surface area contributed by atoms with Crippen LogP contribution in [0.15, 0.2) is 54.1 Å². The molecule has 0 bridgehead atoms. The topological polar surface area (TPSA) is 60.8 Å². The molecular formula is C23H28ClNO3. The summed E-state index contributed by atoms with van der Waals surface area (Å²) in [4.78, 5) is 13.4. The molecule has 0 aliphatic heterocycles. The zero-order chi connectivity index (χ0) is 19.4. The Bertz CT molecular complexity index is 847. The third-order valence-electron chi connectivity index (χ3n) is 5.29. The van der Waals surface area contributed by atoms with Gasteiger partial charge in [-0.3, -0.25) is 0 Å². The molecule has 1 aliphatic carbocycles. The summed E-state index contributed by atoms with van der Waals surface area (Å²) in [6.45, 7) is 1.02. The fraction of sp³-hybridized carbons (Fsp3) is 0.348. The van der Waals surface area contributed by atoms with Crippen molar-refractivity contribution in [3.63, 3.8) is 0 Å². The molecule has 0 unspecified atom stereocenters. The highest BCUT2D eigenvalue weighted by molar-refractivity contribution is 5.88. The number of halogens is 1. The van der Waals surface area contributed by atoms with Gasteiger partial charge in [0.05, 0.1) is 5.56 Å². The fourth-order valence-corrected chi connectivity index (χ4v) is 4.08. The van der Waals surface area contributed by atoms with Crippen molar-refractivity contribution in [3.8, 4) is 5.75 Å². The molecule has 0 spiro atoms. The number of aromatic carboxylic acids is 1. The van der Waals surface area contributed by atoms with Crippen LogP contribution in [0.3, 0.4) is 0 Å². The van der Waals surface area contributed by atoms with Gasteiger partial charge in [0, 0.05) is 6.54 Å². The van der Waals surface area contributed by atoms with Gasteiger partial charge < -0.3 is 15.1 Å². The maximum absolute atomic E-state index is 11.2. The van der Waals surface area contributed by atoms with Gasteiger partial charge in [-0.1, -0.05) is 35.9 Å². The van der Waals surface area contributed by atoms with E-state index in [1.54, 1.807) is 24.3 Å². The molecule has 0 amide bonds. The van der Waals surface area contributed by atoms with E-state index in [9.17, 15) is 15.0 Å². The molecule has 2 aromatic carbocycles. The van der Waals surface area contributed by atoms with Crippen molar-refractivity contribution < 1.29 is 15.0 Å². The Kier molecular flexibility index (Phi) is 7.67. The Labute approximate surface area is 172 Å². The van der Waals surface area contributed by atoms with Gasteiger partial charge in [-0.2, -0.15) is 0 Å². The van der Waals surface area contributed by atoms with E-state index in [-0.39, 0.29) is 12.4 Å². The lowest BCUT2D eigenvalue weighted by Gasteiger charge is -2.35. The molecule has 1 aliphatic rings. The Hall–Kier alpha value is -2.30. The average molecular weight is 402 g/mol. The van der Waals surface area contributed by atoms with Crippen molar-refractivity contribution in [2.24, 2.45) is 5.92 Å². The monoisotopic (exact) mass is 401 g/mol. The molecule has 150 valence electrons. The number of allylic oxidation sites excluding steroid dienone is 1. The standard InChI is InChI=1S/C23H27NO3.ClH/c1-24(2)15-20-10-9-17(11-16-5-3-7-19(12-16)23(26)27)13-22(20)18-6-4-8-21(25)14-18;/h3-8,11-12,14,20,22,25H,9-10,13,15H2,1-2H3,(H,26,27);1H/b17-11+;/t20-,22-;/m1./s1. The number of phenols is 1. The van der Waals surface area contributed by atoms with E-state index in [1.165, 1.54) is 11.1 Å². The number of benzene rings is 2. The number of phenolic OH excluding ortho intramolecular Hbond substituents is 1. The third kappa shape index (κ3) is 5.60. The predicted octanol–water partition coefficient (Wildman–Crippen LogP) is 5.04. The maximum atomic E-state index is 11.2. The second-order valence-electron chi connectivity index (χ2n) is 7.70. The van der Waals surface area contributed by atoms with Crippen molar-refractivity contribution in [3.05, 3.63) is 70.8 Å². The lowest BCUT2D eigenvalue weighted by molar-refractivity contribution is 0.0697. The highest BCUT2D eigenvalue weighted by atomic mass is 35.5. The molecule has 1 fully saturated rings. The first-order valence-corrected chi connectivity index (χ1v) is 9.39. The number of carboxylic acids is 1. The van der Waals surface area contributed by atoms with Gasteiger partial charge in [-0.05, 0) is 80.6 Å². The second-order valence-corrected chi connectivity index (χ2v) is 7.70. The van der Waals surface area contributed by atoms with E-state index in [0.29, 0.717) is 23.1 Å². The van der Waals surface area contributed by atoms with Crippen LogP contribution < -0.4 is 0 Å². The molecule has 1 saturated carbocycles. The first-order chi connectivity index (χ1) is 12.9. The second kappa shape index (κ2) is 9.76. The largest absolute Gasteiger partial charge is 0.508 e.